The van der Waals surface area contributed by atoms with E-state index >= 15 is 0 Å². The van der Waals surface area contributed by atoms with Gasteiger partial charge in [0.1, 0.15) is 0 Å². The molecule has 1 aromatic heterocycles. The maximum atomic E-state index is 11.9. The molecule has 0 aliphatic carbocycles. The van der Waals surface area contributed by atoms with Crippen molar-refractivity contribution >= 4 is 32.8 Å². The normalized spacial score (nSPS) is 13.3. The number of nitrogens with zero attached hydrogens (tertiary/aromatic N) is 2. The van der Waals surface area contributed by atoms with Crippen LogP contribution in [0.2, 0.25) is 5.02 Å². The molecule has 0 spiro atoms. The third kappa shape index (κ3) is 5.82. The molecule has 0 saturated heterocycles. The van der Waals surface area contributed by atoms with E-state index in [1.165, 1.54) is 6.26 Å². The Balaban J connectivity index is 2.06. The van der Waals surface area contributed by atoms with Gasteiger partial charge < -0.3 is 10.8 Å². The van der Waals surface area contributed by atoms with Crippen LogP contribution in [0.3, 0.4) is 0 Å². The summed E-state index contributed by atoms with van der Waals surface area (Å²) in [5.74, 6) is 0. The molecule has 166 valence electrons. The summed E-state index contributed by atoms with van der Waals surface area (Å²) in [7, 11) is -3.32. The summed E-state index contributed by atoms with van der Waals surface area (Å²) in [6.45, 7) is 3.16. The summed E-state index contributed by atoms with van der Waals surface area (Å²) in [6.07, 6.45) is 4.37. The first-order chi connectivity index (χ1) is 14.9. The van der Waals surface area contributed by atoms with E-state index in [1.807, 2.05) is 18.2 Å². The third-order valence-corrected chi connectivity index (χ3v) is 6.14. The van der Waals surface area contributed by atoms with Crippen molar-refractivity contribution in [3.8, 4) is 11.1 Å². The van der Waals surface area contributed by atoms with Crippen LogP contribution >= 0.6 is 11.6 Å². The molecular formula is C24H24ClN3O3S. The number of rotatable bonds is 6. The lowest BCUT2D eigenvalue weighted by molar-refractivity contribution is 0.118. The second kappa shape index (κ2) is 9.24. The van der Waals surface area contributed by atoms with E-state index in [9.17, 15) is 13.5 Å². The van der Waals surface area contributed by atoms with Crippen molar-refractivity contribution < 1.29 is 13.5 Å². The SMILES string of the molecule is CC(C)(O)C(N)=CC(=Nc1ccccc1Cl)c1ccc(-c2cccc(S(C)(=O)=O)c2)cn1. The van der Waals surface area contributed by atoms with E-state index in [2.05, 4.69) is 9.98 Å². The maximum Gasteiger partial charge on any atom is 0.175 e. The molecule has 2 aromatic carbocycles. The van der Waals surface area contributed by atoms with Crippen LogP contribution in [0.25, 0.3) is 11.1 Å². The molecule has 0 amide bonds. The minimum Gasteiger partial charge on any atom is -0.400 e. The van der Waals surface area contributed by atoms with E-state index in [1.54, 1.807) is 68.6 Å². The molecule has 0 radical (unpaired) electrons. The van der Waals surface area contributed by atoms with Crippen molar-refractivity contribution in [1.82, 2.24) is 4.98 Å². The minimum atomic E-state index is -3.32. The Morgan fingerprint density at radius 2 is 1.81 bits per heavy atom. The summed E-state index contributed by atoms with van der Waals surface area (Å²) < 4.78 is 23.7. The van der Waals surface area contributed by atoms with Crippen LogP contribution in [-0.4, -0.2) is 36.1 Å². The van der Waals surface area contributed by atoms with Gasteiger partial charge in [-0.25, -0.2) is 13.4 Å². The highest BCUT2D eigenvalue weighted by Crippen LogP contribution is 2.26. The van der Waals surface area contributed by atoms with Gasteiger partial charge in [0.25, 0.3) is 0 Å². The number of nitrogens with two attached hydrogens (primary N) is 1. The van der Waals surface area contributed by atoms with Crippen LogP contribution < -0.4 is 5.73 Å². The Hall–Kier alpha value is -3.00. The Morgan fingerprint density at radius 3 is 2.41 bits per heavy atom. The predicted octanol–water partition coefficient (Wildman–Crippen LogP) is 4.54. The molecule has 32 heavy (non-hydrogen) atoms. The molecule has 0 aliphatic heterocycles. The van der Waals surface area contributed by atoms with Crippen LogP contribution in [-0.2, 0) is 9.84 Å². The largest absolute Gasteiger partial charge is 0.400 e. The quantitative estimate of drug-likeness (QED) is 0.515. The van der Waals surface area contributed by atoms with Gasteiger partial charge in [0, 0.05) is 23.7 Å². The van der Waals surface area contributed by atoms with Crippen molar-refractivity contribution in [3.63, 3.8) is 0 Å². The molecule has 0 saturated carbocycles. The Kier molecular flexibility index (Phi) is 6.83. The number of sulfone groups is 1. The molecular weight excluding hydrogens is 446 g/mol. The summed E-state index contributed by atoms with van der Waals surface area (Å²) >= 11 is 6.26. The molecule has 3 aromatic rings. The molecule has 0 aliphatic rings. The molecule has 0 atom stereocenters. The van der Waals surface area contributed by atoms with E-state index in [4.69, 9.17) is 17.3 Å². The Bertz CT molecular complexity index is 1290. The molecule has 8 heteroatoms. The number of allylic oxidation sites excluding steroid dienone is 1. The average Bonchev–Trinajstić information content (AvgIpc) is 2.73. The van der Waals surface area contributed by atoms with E-state index < -0.39 is 15.4 Å². The lowest BCUT2D eigenvalue weighted by Gasteiger charge is -2.18. The fourth-order valence-corrected chi connectivity index (χ4v) is 3.63. The number of aliphatic hydroxyl groups is 1. The number of para-hydroxylation sites is 1. The van der Waals surface area contributed by atoms with Gasteiger partial charge in [-0.15, -0.1) is 0 Å². The standard InChI is InChI=1S/C24H24ClN3O3S/c1-24(2,29)23(26)14-22(28-20-10-5-4-9-19(20)25)21-12-11-17(15-27-21)16-7-6-8-18(13-16)32(3,30)31/h4-15,29H,26H2,1-3H3. The molecule has 6 nitrogen and oxygen atoms in total. The summed E-state index contributed by atoms with van der Waals surface area (Å²) in [6, 6.07) is 17.4. The second-order valence-corrected chi connectivity index (χ2v) is 10.3. The van der Waals surface area contributed by atoms with Gasteiger partial charge in [-0.2, -0.15) is 0 Å². The van der Waals surface area contributed by atoms with Crippen LogP contribution in [0.5, 0.6) is 0 Å². The highest BCUT2D eigenvalue weighted by molar-refractivity contribution is 7.90. The van der Waals surface area contributed by atoms with E-state index in [0.717, 1.165) is 11.1 Å². The summed E-state index contributed by atoms with van der Waals surface area (Å²) in [5.41, 5.74) is 7.99. The first-order valence-electron chi connectivity index (χ1n) is 9.75. The number of pyridine rings is 1. The topological polar surface area (TPSA) is 106 Å². The number of benzene rings is 2. The lowest BCUT2D eigenvalue weighted by atomic mass is 10.0. The van der Waals surface area contributed by atoms with Gasteiger partial charge in [0.05, 0.1) is 32.6 Å². The maximum absolute atomic E-state index is 11.9. The van der Waals surface area contributed by atoms with Gasteiger partial charge in [-0.3, -0.25) is 4.98 Å². The van der Waals surface area contributed by atoms with Gasteiger partial charge in [-0.1, -0.05) is 41.9 Å². The third-order valence-electron chi connectivity index (χ3n) is 4.71. The van der Waals surface area contributed by atoms with Crippen molar-refractivity contribution in [1.29, 1.82) is 0 Å². The van der Waals surface area contributed by atoms with Crippen molar-refractivity contribution in [2.75, 3.05) is 6.26 Å². The summed E-state index contributed by atoms with van der Waals surface area (Å²) in [5, 5.41) is 10.7. The number of halogens is 1. The zero-order valence-electron chi connectivity index (χ0n) is 17.9. The average molecular weight is 470 g/mol. The first kappa shape index (κ1) is 23.7. The zero-order valence-corrected chi connectivity index (χ0v) is 19.5. The van der Waals surface area contributed by atoms with E-state index in [0.29, 0.717) is 22.1 Å². The van der Waals surface area contributed by atoms with Gasteiger partial charge >= 0.3 is 0 Å². The van der Waals surface area contributed by atoms with Crippen LogP contribution in [0.4, 0.5) is 5.69 Å². The summed E-state index contributed by atoms with van der Waals surface area (Å²) in [4.78, 5) is 9.35. The van der Waals surface area contributed by atoms with Crippen molar-refractivity contribution in [2.24, 2.45) is 10.7 Å². The monoisotopic (exact) mass is 469 g/mol. The number of aromatic nitrogens is 1. The second-order valence-electron chi connectivity index (χ2n) is 7.84. The van der Waals surface area contributed by atoms with Crippen LogP contribution in [0.1, 0.15) is 19.5 Å². The minimum absolute atomic E-state index is 0.218. The number of aliphatic imine (C=N–C) groups is 1. The molecule has 3 N–H and O–H groups in total. The Labute approximate surface area is 193 Å². The molecule has 3 rings (SSSR count). The van der Waals surface area contributed by atoms with Crippen molar-refractivity contribution in [2.45, 2.75) is 24.3 Å². The van der Waals surface area contributed by atoms with Gasteiger partial charge in [-0.05, 0) is 55.8 Å². The first-order valence-corrected chi connectivity index (χ1v) is 12.0. The van der Waals surface area contributed by atoms with E-state index in [-0.39, 0.29) is 10.6 Å². The predicted molar refractivity (Wildman–Crippen MR) is 129 cm³/mol. The highest BCUT2D eigenvalue weighted by Gasteiger charge is 2.18. The molecule has 1 heterocycles. The highest BCUT2D eigenvalue weighted by atomic mass is 35.5. The molecule has 0 unspecified atom stereocenters. The van der Waals surface area contributed by atoms with Crippen molar-refractivity contribution in [3.05, 3.63) is 89.4 Å². The van der Waals surface area contributed by atoms with Gasteiger partial charge in [0.2, 0.25) is 0 Å². The fourth-order valence-electron chi connectivity index (χ4n) is 2.78. The van der Waals surface area contributed by atoms with Gasteiger partial charge in [0.15, 0.2) is 9.84 Å². The lowest BCUT2D eigenvalue weighted by Crippen LogP contribution is -2.28. The number of hydrogen-bond acceptors (Lipinski definition) is 6. The van der Waals surface area contributed by atoms with Crippen LogP contribution in [0.15, 0.2) is 88.5 Å². The fraction of sp³-hybridized carbons (Fsp3) is 0.167. The number of hydrogen-bond donors (Lipinski definition) is 2. The zero-order chi connectivity index (χ0) is 23.5. The Morgan fingerprint density at radius 1 is 1.09 bits per heavy atom. The van der Waals surface area contributed by atoms with Crippen LogP contribution in [0, 0.1) is 0 Å². The molecule has 0 bridgehead atoms. The molecule has 0 fully saturated rings. The smallest absolute Gasteiger partial charge is 0.175 e.